The molecule has 12 heteroatoms. The highest BCUT2D eigenvalue weighted by molar-refractivity contribution is 7.85. The molecule has 1 aliphatic heterocycles. The Balaban J connectivity index is 0.000000537. The summed E-state index contributed by atoms with van der Waals surface area (Å²) in [4.78, 5) is 3.63. The van der Waals surface area contributed by atoms with E-state index in [-0.39, 0.29) is 27.2 Å². The Morgan fingerprint density at radius 2 is 1.86 bits per heavy atom. The average molecular weight is 475 g/mol. The first-order valence-corrected chi connectivity index (χ1v) is 11.1. The molecule has 0 spiro atoms. The topological polar surface area (TPSA) is 99.5 Å². The van der Waals surface area contributed by atoms with E-state index >= 15 is 0 Å². The van der Waals surface area contributed by atoms with Gasteiger partial charge in [0.2, 0.25) is 0 Å². The molecule has 6 nitrogen and oxygen atoms in total. The Morgan fingerprint density at radius 1 is 1.24 bits per heavy atom. The molecule has 3 N–H and O–H groups in total. The van der Waals surface area contributed by atoms with Gasteiger partial charge in [-0.05, 0) is 43.1 Å². The summed E-state index contributed by atoms with van der Waals surface area (Å²) in [6, 6.07) is 3.39. The van der Waals surface area contributed by atoms with Crippen LogP contribution in [-0.2, 0) is 16.3 Å². The van der Waals surface area contributed by atoms with E-state index in [0.717, 1.165) is 25.5 Å². The molecule has 0 bridgehead atoms. The van der Waals surface area contributed by atoms with Crippen LogP contribution in [0.3, 0.4) is 0 Å². The summed E-state index contributed by atoms with van der Waals surface area (Å²) in [7, 11) is -3.67. The van der Waals surface area contributed by atoms with E-state index in [2.05, 4.69) is 10.3 Å². The van der Waals surface area contributed by atoms with Crippen molar-refractivity contribution in [3.63, 3.8) is 0 Å². The number of nitrogens with zero attached hydrogens (tertiary/aromatic N) is 1. The third-order valence-electron chi connectivity index (χ3n) is 4.20. The quantitative estimate of drug-likeness (QED) is 0.562. The molecular weight excluding hydrogens is 456 g/mol. The maximum Gasteiger partial charge on any atom is 0.433 e. The lowest BCUT2D eigenvalue weighted by molar-refractivity contribution is -0.141. The average Bonchev–Trinajstić information content (AvgIpc) is 2.59. The molecule has 1 fully saturated rings. The van der Waals surface area contributed by atoms with Gasteiger partial charge in [-0.2, -0.15) is 21.6 Å². The highest BCUT2D eigenvalue weighted by Crippen LogP contribution is 2.38. The molecule has 29 heavy (non-hydrogen) atoms. The zero-order valence-corrected chi connectivity index (χ0v) is 17.5. The summed E-state index contributed by atoms with van der Waals surface area (Å²) in [6.45, 7) is 0.721. The van der Waals surface area contributed by atoms with Crippen LogP contribution in [0.2, 0.25) is 10.0 Å². The molecule has 0 saturated carbocycles. The van der Waals surface area contributed by atoms with E-state index in [4.69, 9.17) is 27.8 Å². The Hall–Kier alpha value is -1.17. The lowest BCUT2D eigenvalue weighted by Crippen LogP contribution is -2.39. The van der Waals surface area contributed by atoms with Crippen molar-refractivity contribution < 1.29 is 31.2 Å². The molecule has 0 amide bonds. The van der Waals surface area contributed by atoms with Crippen LogP contribution in [0.15, 0.2) is 18.2 Å². The first-order chi connectivity index (χ1) is 13.3. The van der Waals surface area contributed by atoms with E-state index in [1.54, 1.807) is 0 Å². The van der Waals surface area contributed by atoms with Gasteiger partial charge in [0.15, 0.2) is 0 Å². The van der Waals surface area contributed by atoms with Crippen LogP contribution in [0.5, 0.6) is 0 Å². The van der Waals surface area contributed by atoms with Gasteiger partial charge in [0, 0.05) is 16.5 Å². The van der Waals surface area contributed by atoms with Gasteiger partial charge in [-0.25, -0.2) is 4.98 Å². The number of pyridine rings is 1. The number of fused-ring (bicyclic) bond motifs is 1. The fourth-order valence-corrected chi connectivity index (χ4v) is 3.57. The summed E-state index contributed by atoms with van der Waals surface area (Å²) < 4.78 is 65.4. The Morgan fingerprint density at radius 3 is 2.38 bits per heavy atom. The van der Waals surface area contributed by atoms with Crippen molar-refractivity contribution in [2.45, 2.75) is 37.6 Å². The van der Waals surface area contributed by atoms with Crippen LogP contribution in [0.4, 0.5) is 13.2 Å². The van der Waals surface area contributed by atoms with E-state index < -0.39 is 28.1 Å². The number of benzene rings is 1. The predicted molar refractivity (Wildman–Crippen MR) is 105 cm³/mol. The third-order valence-corrected chi connectivity index (χ3v) is 4.71. The fourth-order valence-electron chi connectivity index (χ4n) is 3.03. The van der Waals surface area contributed by atoms with Crippen molar-refractivity contribution in [1.82, 2.24) is 10.3 Å². The molecule has 1 aromatic carbocycles. The number of hydrogen-bond donors (Lipinski definition) is 3. The minimum absolute atomic E-state index is 0.0132. The molecule has 2 atom stereocenters. The van der Waals surface area contributed by atoms with Crippen molar-refractivity contribution in [3.05, 3.63) is 39.5 Å². The molecule has 1 unspecified atom stereocenters. The largest absolute Gasteiger partial charge is 0.433 e. The standard InChI is InChI=1S/C16H15Cl2F3N2O.CH4O3S/c17-8-5-9-10(15(24)12-3-1-2-4-22-12)7-13(16(19,20)21)23-14(9)11(18)6-8;1-5(2,3)4/h5-7,12,15,22,24H,1-4H2;1H3,(H,2,3,4)/t12?,15-;/m0./s1. The third kappa shape index (κ3) is 6.94. The van der Waals surface area contributed by atoms with Gasteiger partial charge in [0.1, 0.15) is 5.69 Å². The number of alkyl halides is 3. The van der Waals surface area contributed by atoms with Gasteiger partial charge >= 0.3 is 6.18 Å². The van der Waals surface area contributed by atoms with Crippen molar-refractivity contribution in [1.29, 1.82) is 0 Å². The number of aromatic nitrogens is 1. The number of halogens is 5. The highest BCUT2D eigenvalue weighted by Gasteiger charge is 2.35. The number of rotatable bonds is 2. The summed E-state index contributed by atoms with van der Waals surface area (Å²) in [5, 5.41) is 14.5. The summed E-state index contributed by atoms with van der Waals surface area (Å²) in [5.41, 5.74) is -0.957. The Bertz CT molecular complexity index is 973. The van der Waals surface area contributed by atoms with Gasteiger partial charge in [0.05, 0.1) is 22.9 Å². The second-order valence-corrected chi connectivity index (χ2v) is 8.92. The normalized spacial score (nSPS) is 18.8. The molecule has 2 aromatic rings. The van der Waals surface area contributed by atoms with Crippen LogP contribution in [0.1, 0.15) is 36.6 Å². The molecule has 1 aliphatic rings. The van der Waals surface area contributed by atoms with Crippen LogP contribution < -0.4 is 5.32 Å². The first kappa shape index (κ1) is 24.1. The van der Waals surface area contributed by atoms with Gasteiger partial charge in [-0.3, -0.25) is 4.55 Å². The summed E-state index contributed by atoms with van der Waals surface area (Å²) in [5.74, 6) is 0. The minimum Gasteiger partial charge on any atom is -0.387 e. The molecular formula is C17H19Cl2F3N2O4S. The Kier molecular flexibility index (Phi) is 7.74. The first-order valence-electron chi connectivity index (χ1n) is 8.48. The number of aliphatic hydroxyl groups excluding tert-OH is 1. The molecule has 0 aliphatic carbocycles. The van der Waals surface area contributed by atoms with Crippen LogP contribution in [0.25, 0.3) is 10.9 Å². The van der Waals surface area contributed by atoms with Gasteiger partial charge in [-0.1, -0.05) is 29.6 Å². The lowest BCUT2D eigenvalue weighted by atomic mass is 9.92. The van der Waals surface area contributed by atoms with Crippen LogP contribution in [0, 0.1) is 0 Å². The Labute approximate surface area is 175 Å². The van der Waals surface area contributed by atoms with Crippen molar-refractivity contribution >= 4 is 44.2 Å². The summed E-state index contributed by atoms with van der Waals surface area (Å²) in [6.07, 6.45) is -2.46. The summed E-state index contributed by atoms with van der Waals surface area (Å²) >= 11 is 12.0. The van der Waals surface area contributed by atoms with Crippen LogP contribution in [-0.4, -0.2) is 41.9 Å². The highest BCUT2D eigenvalue weighted by atomic mass is 35.5. The monoisotopic (exact) mass is 474 g/mol. The zero-order chi connectivity index (χ0) is 22.0. The van der Waals surface area contributed by atoms with Crippen molar-refractivity contribution in [2.24, 2.45) is 0 Å². The van der Waals surface area contributed by atoms with E-state index in [0.29, 0.717) is 18.1 Å². The number of nitrogens with one attached hydrogen (secondary N) is 1. The molecule has 1 saturated heterocycles. The SMILES string of the molecule is CS(=O)(=O)O.O[C@@H](c1cc(C(F)(F)F)nc2c(Cl)cc(Cl)cc12)C1CCCCN1. The number of aliphatic hydroxyl groups is 1. The van der Waals surface area contributed by atoms with E-state index in [1.807, 2.05) is 0 Å². The molecule has 0 radical (unpaired) electrons. The lowest BCUT2D eigenvalue weighted by Gasteiger charge is -2.29. The predicted octanol–water partition coefficient (Wildman–Crippen LogP) is 4.24. The number of hydrogen-bond acceptors (Lipinski definition) is 5. The number of piperidine rings is 1. The maximum atomic E-state index is 13.2. The molecule has 1 aromatic heterocycles. The van der Waals surface area contributed by atoms with E-state index in [1.165, 1.54) is 12.1 Å². The van der Waals surface area contributed by atoms with Gasteiger partial charge in [0.25, 0.3) is 10.1 Å². The van der Waals surface area contributed by atoms with Gasteiger partial charge in [-0.15, -0.1) is 0 Å². The van der Waals surface area contributed by atoms with Crippen molar-refractivity contribution in [2.75, 3.05) is 12.8 Å². The fraction of sp³-hybridized carbons (Fsp3) is 0.471. The second kappa shape index (κ2) is 9.32. The molecule has 3 rings (SSSR count). The smallest absolute Gasteiger partial charge is 0.387 e. The minimum atomic E-state index is -4.63. The van der Waals surface area contributed by atoms with Crippen LogP contribution >= 0.6 is 23.2 Å². The van der Waals surface area contributed by atoms with E-state index in [9.17, 15) is 26.7 Å². The van der Waals surface area contributed by atoms with Crippen molar-refractivity contribution in [3.8, 4) is 0 Å². The van der Waals surface area contributed by atoms with Gasteiger partial charge < -0.3 is 10.4 Å². The molecule has 162 valence electrons. The zero-order valence-electron chi connectivity index (χ0n) is 15.2. The second-order valence-electron chi connectivity index (χ2n) is 6.61. The maximum absolute atomic E-state index is 13.2. The molecule has 2 heterocycles.